The second-order valence-electron chi connectivity index (χ2n) is 3.60. The van der Waals surface area contributed by atoms with E-state index in [2.05, 4.69) is 46.1 Å². The average Bonchev–Trinajstić information content (AvgIpc) is 2.29. The fourth-order valence-corrected chi connectivity index (χ4v) is 1.94. The number of hydrogen-bond donors (Lipinski definition) is 1. The van der Waals surface area contributed by atoms with Crippen molar-refractivity contribution in [3.63, 3.8) is 0 Å². The summed E-state index contributed by atoms with van der Waals surface area (Å²) >= 11 is 3.52. The lowest BCUT2D eigenvalue weighted by molar-refractivity contribution is 0.154. The first kappa shape index (κ1) is 13.5. The highest BCUT2D eigenvalue weighted by Crippen LogP contribution is 2.23. The van der Waals surface area contributed by atoms with Crippen molar-refractivity contribution in [3.8, 4) is 0 Å². The van der Waals surface area contributed by atoms with Gasteiger partial charge < -0.3 is 15.4 Å². The molecular weight excluding hydrogens is 268 g/mol. The van der Waals surface area contributed by atoms with E-state index in [-0.39, 0.29) is 0 Å². The summed E-state index contributed by atoms with van der Waals surface area (Å²) in [6, 6.07) is 6.23. The van der Waals surface area contributed by atoms with Gasteiger partial charge in [0.2, 0.25) is 0 Å². The van der Waals surface area contributed by atoms with Crippen LogP contribution in [0.2, 0.25) is 0 Å². The van der Waals surface area contributed by atoms with Gasteiger partial charge in [-0.15, -0.1) is 0 Å². The number of nitrogens with two attached hydrogens (primary N) is 1. The Morgan fingerprint density at radius 1 is 1.44 bits per heavy atom. The van der Waals surface area contributed by atoms with Crippen LogP contribution in [0.15, 0.2) is 22.7 Å². The summed E-state index contributed by atoms with van der Waals surface area (Å²) in [5, 5.41) is 0. The van der Waals surface area contributed by atoms with Crippen LogP contribution in [0.1, 0.15) is 12.5 Å². The average molecular weight is 287 g/mol. The van der Waals surface area contributed by atoms with Crippen molar-refractivity contribution < 1.29 is 4.74 Å². The quantitative estimate of drug-likeness (QED) is 0.816. The fraction of sp³-hybridized carbons (Fsp3) is 0.500. The Bertz CT molecular complexity index is 331. The van der Waals surface area contributed by atoms with Crippen LogP contribution in [-0.4, -0.2) is 26.8 Å². The number of halogens is 1. The molecular formula is C12H19BrN2O. The lowest BCUT2D eigenvalue weighted by Crippen LogP contribution is -2.22. The van der Waals surface area contributed by atoms with Gasteiger partial charge in [-0.2, -0.15) is 0 Å². The standard InChI is InChI=1S/C12H19BrN2O/c1-3-16-7-6-15(2)11-5-4-10(9-14)12(13)8-11/h4-5,8H,3,6-7,9,14H2,1-2H3. The van der Waals surface area contributed by atoms with Crippen LogP contribution in [-0.2, 0) is 11.3 Å². The number of nitrogens with zero attached hydrogens (tertiary/aromatic N) is 1. The summed E-state index contributed by atoms with van der Waals surface area (Å²) in [5.41, 5.74) is 7.91. The molecule has 0 unspecified atom stereocenters. The van der Waals surface area contributed by atoms with Gasteiger partial charge in [-0.3, -0.25) is 0 Å². The Morgan fingerprint density at radius 3 is 2.75 bits per heavy atom. The SMILES string of the molecule is CCOCCN(C)c1ccc(CN)c(Br)c1. The zero-order valence-electron chi connectivity index (χ0n) is 9.87. The third-order valence-electron chi connectivity index (χ3n) is 2.47. The molecule has 0 saturated heterocycles. The second kappa shape index (κ2) is 6.89. The van der Waals surface area contributed by atoms with Crippen molar-refractivity contribution in [2.75, 3.05) is 31.7 Å². The van der Waals surface area contributed by atoms with Gasteiger partial charge in [0, 0.05) is 36.9 Å². The van der Waals surface area contributed by atoms with E-state index in [0.717, 1.165) is 29.8 Å². The third kappa shape index (κ3) is 3.77. The number of benzene rings is 1. The predicted molar refractivity (Wildman–Crippen MR) is 71.8 cm³/mol. The van der Waals surface area contributed by atoms with Gasteiger partial charge in [-0.05, 0) is 24.6 Å². The van der Waals surface area contributed by atoms with Crippen LogP contribution in [0.25, 0.3) is 0 Å². The summed E-state index contributed by atoms with van der Waals surface area (Å²) in [5.74, 6) is 0. The number of hydrogen-bond acceptors (Lipinski definition) is 3. The van der Waals surface area contributed by atoms with Crippen LogP contribution in [0.5, 0.6) is 0 Å². The minimum atomic E-state index is 0.559. The van der Waals surface area contributed by atoms with Gasteiger partial charge in [0.1, 0.15) is 0 Å². The zero-order chi connectivity index (χ0) is 12.0. The maximum absolute atomic E-state index is 5.61. The molecule has 16 heavy (non-hydrogen) atoms. The van der Waals surface area contributed by atoms with E-state index in [1.54, 1.807) is 0 Å². The Hall–Kier alpha value is -0.580. The molecule has 1 aromatic rings. The van der Waals surface area contributed by atoms with Gasteiger partial charge in [-0.25, -0.2) is 0 Å². The third-order valence-corrected chi connectivity index (χ3v) is 3.21. The Labute approximate surface area is 106 Å². The number of ether oxygens (including phenoxy) is 1. The summed E-state index contributed by atoms with van der Waals surface area (Å²) in [6.45, 7) is 4.98. The summed E-state index contributed by atoms with van der Waals surface area (Å²) in [4.78, 5) is 2.17. The van der Waals surface area contributed by atoms with Crippen molar-refractivity contribution in [3.05, 3.63) is 28.2 Å². The van der Waals surface area contributed by atoms with E-state index in [1.807, 2.05) is 6.92 Å². The summed E-state index contributed by atoms with van der Waals surface area (Å²) < 4.78 is 6.39. The highest BCUT2D eigenvalue weighted by molar-refractivity contribution is 9.10. The molecule has 3 nitrogen and oxygen atoms in total. The van der Waals surface area contributed by atoms with Crippen LogP contribution < -0.4 is 10.6 Å². The number of rotatable bonds is 6. The van der Waals surface area contributed by atoms with Crippen LogP contribution in [0.3, 0.4) is 0 Å². The molecule has 0 bridgehead atoms. The molecule has 0 aliphatic carbocycles. The normalized spacial score (nSPS) is 10.5. The molecule has 1 aromatic carbocycles. The smallest absolute Gasteiger partial charge is 0.0641 e. The van der Waals surface area contributed by atoms with Crippen molar-refractivity contribution in [2.45, 2.75) is 13.5 Å². The molecule has 0 atom stereocenters. The zero-order valence-corrected chi connectivity index (χ0v) is 11.5. The first-order chi connectivity index (χ1) is 7.69. The second-order valence-corrected chi connectivity index (χ2v) is 4.45. The molecule has 0 amide bonds. The van der Waals surface area contributed by atoms with Crippen LogP contribution in [0.4, 0.5) is 5.69 Å². The lowest BCUT2D eigenvalue weighted by Gasteiger charge is -2.20. The van der Waals surface area contributed by atoms with Gasteiger partial charge >= 0.3 is 0 Å². The van der Waals surface area contributed by atoms with E-state index >= 15 is 0 Å². The molecule has 0 aromatic heterocycles. The molecule has 0 radical (unpaired) electrons. The molecule has 1 rings (SSSR count). The molecule has 0 heterocycles. The van der Waals surface area contributed by atoms with E-state index in [0.29, 0.717) is 6.54 Å². The molecule has 0 fully saturated rings. The highest BCUT2D eigenvalue weighted by Gasteiger charge is 2.04. The topological polar surface area (TPSA) is 38.5 Å². The molecule has 0 aliphatic rings. The van der Waals surface area contributed by atoms with Crippen molar-refractivity contribution in [1.29, 1.82) is 0 Å². The maximum atomic E-state index is 5.61. The maximum Gasteiger partial charge on any atom is 0.0641 e. The Morgan fingerprint density at radius 2 is 2.19 bits per heavy atom. The molecule has 90 valence electrons. The molecule has 4 heteroatoms. The van der Waals surface area contributed by atoms with Crippen molar-refractivity contribution in [2.24, 2.45) is 5.73 Å². The number of likely N-dealkylation sites (N-methyl/N-ethyl adjacent to an activating group) is 1. The van der Waals surface area contributed by atoms with Gasteiger partial charge in [-0.1, -0.05) is 22.0 Å². The Balaban J connectivity index is 2.62. The van der Waals surface area contributed by atoms with E-state index in [9.17, 15) is 0 Å². The summed E-state index contributed by atoms with van der Waals surface area (Å²) in [6.07, 6.45) is 0. The summed E-state index contributed by atoms with van der Waals surface area (Å²) in [7, 11) is 2.06. The van der Waals surface area contributed by atoms with E-state index in [1.165, 1.54) is 5.69 Å². The Kier molecular flexibility index (Phi) is 5.80. The fourth-order valence-electron chi connectivity index (χ4n) is 1.41. The van der Waals surface area contributed by atoms with E-state index in [4.69, 9.17) is 10.5 Å². The highest BCUT2D eigenvalue weighted by atomic mass is 79.9. The van der Waals surface area contributed by atoms with Crippen LogP contribution >= 0.6 is 15.9 Å². The number of anilines is 1. The minimum Gasteiger partial charge on any atom is -0.380 e. The minimum absolute atomic E-state index is 0.559. The molecule has 0 aliphatic heterocycles. The molecule has 2 N–H and O–H groups in total. The largest absolute Gasteiger partial charge is 0.380 e. The molecule has 0 spiro atoms. The van der Waals surface area contributed by atoms with Gasteiger partial charge in [0.05, 0.1) is 6.61 Å². The predicted octanol–water partition coefficient (Wildman–Crippen LogP) is 2.38. The van der Waals surface area contributed by atoms with E-state index < -0.39 is 0 Å². The monoisotopic (exact) mass is 286 g/mol. The molecule has 0 saturated carbocycles. The first-order valence-corrected chi connectivity index (χ1v) is 6.25. The van der Waals surface area contributed by atoms with Gasteiger partial charge in [0.15, 0.2) is 0 Å². The van der Waals surface area contributed by atoms with Crippen molar-refractivity contribution in [1.82, 2.24) is 0 Å². The lowest BCUT2D eigenvalue weighted by atomic mass is 10.2. The first-order valence-electron chi connectivity index (χ1n) is 5.46. The van der Waals surface area contributed by atoms with Crippen LogP contribution in [0, 0.1) is 0 Å². The van der Waals surface area contributed by atoms with Gasteiger partial charge in [0.25, 0.3) is 0 Å². The van der Waals surface area contributed by atoms with Crippen molar-refractivity contribution >= 4 is 21.6 Å².